The number of ether oxygens (including phenoxy) is 1. The van der Waals surface area contributed by atoms with Crippen LogP contribution < -0.4 is 10.2 Å². The van der Waals surface area contributed by atoms with Crippen molar-refractivity contribution < 1.29 is 4.74 Å². The van der Waals surface area contributed by atoms with Crippen molar-refractivity contribution in [2.45, 2.75) is 19.9 Å². The number of nitrogens with zero attached hydrogens (tertiary/aromatic N) is 2. The standard InChI is InChI=1S/C13H23N3O/c1-5-16(8-9-17-4)12-6-7-13(15-10-12)11(2)14-3/h6-7,10-11,14H,5,8-9H2,1-4H3. The van der Waals surface area contributed by atoms with Gasteiger partial charge in [-0.25, -0.2) is 0 Å². The second-order valence-corrected chi connectivity index (χ2v) is 4.02. The Morgan fingerprint density at radius 1 is 1.47 bits per heavy atom. The van der Waals surface area contributed by atoms with Crippen molar-refractivity contribution in [1.29, 1.82) is 0 Å². The van der Waals surface area contributed by atoms with Gasteiger partial charge in [-0.05, 0) is 33.0 Å². The van der Waals surface area contributed by atoms with E-state index in [1.54, 1.807) is 7.11 Å². The molecule has 0 fully saturated rings. The molecule has 1 unspecified atom stereocenters. The van der Waals surface area contributed by atoms with Crippen LogP contribution >= 0.6 is 0 Å². The Labute approximate surface area is 104 Å². The molecule has 1 atom stereocenters. The van der Waals surface area contributed by atoms with Crippen molar-refractivity contribution in [3.05, 3.63) is 24.0 Å². The number of methoxy groups -OCH3 is 1. The maximum atomic E-state index is 5.10. The average Bonchev–Trinajstić information content (AvgIpc) is 2.39. The zero-order valence-electron chi connectivity index (χ0n) is 11.2. The highest BCUT2D eigenvalue weighted by atomic mass is 16.5. The minimum absolute atomic E-state index is 0.290. The van der Waals surface area contributed by atoms with Crippen molar-refractivity contribution in [2.24, 2.45) is 0 Å². The number of hydrogen-bond acceptors (Lipinski definition) is 4. The normalized spacial score (nSPS) is 12.5. The van der Waals surface area contributed by atoms with Gasteiger partial charge in [-0.1, -0.05) is 0 Å². The molecule has 0 bridgehead atoms. The number of rotatable bonds is 7. The molecule has 0 saturated carbocycles. The summed E-state index contributed by atoms with van der Waals surface area (Å²) >= 11 is 0. The minimum Gasteiger partial charge on any atom is -0.383 e. The Kier molecular flexibility index (Phi) is 5.94. The lowest BCUT2D eigenvalue weighted by molar-refractivity contribution is 0.205. The molecule has 17 heavy (non-hydrogen) atoms. The maximum Gasteiger partial charge on any atom is 0.0637 e. The fourth-order valence-electron chi connectivity index (χ4n) is 1.66. The molecule has 0 spiro atoms. The van der Waals surface area contributed by atoms with Crippen molar-refractivity contribution in [1.82, 2.24) is 10.3 Å². The highest BCUT2D eigenvalue weighted by Gasteiger charge is 2.07. The van der Waals surface area contributed by atoms with Gasteiger partial charge < -0.3 is 15.0 Å². The van der Waals surface area contributed by atoms with Crippen LogP contribution in [0.15, 0.2) is 18.3 Å². The van der Waals surface area contributed by atoms with Crippen molar-refractivity contribution >= 4 is 5.69 Å². The molecule has 4 nitrogen and oxygen atoms in total. The summed E-state index contributed by atoms with van der Waals surface area (Å²) in [7, 11) is 3.67. The fraction of sp³-hybridized carbons (Fsp3) is 0.615. The first-order chi connectivity index (χ1) is 8.22. The second-order valence-electron chi connectivity index (χ2n) is 4.02. The number of anilines is 1. The highest BCUT2D eigenvalue weighted by Crippen LogP contribution is 2.15. The Morgan fingerprint density at radius 3 is 2.71 bits per heavy atom. The van der Waals surface area contributed by atoms with Crippen LogP contribution in [0.3, 0.4) is 0 Å². The molecule has 0 radical (unpaired) electrons. The molecule has 0 aliphatic rings. The number of nitrogens with one attached hydrogen (secondary N) is 1. The number of pyridine rings is 1. The SMILES string of the molecule is CCN(CCOC)c1ccc(C(C)NC)nc1. The molecule has 1 heterocycles. The Balaban J connectivity index is 2.70. The summed E-state index contributed by atoms with van der Waals surface area (Å²) in [6.07, 6.45) is 1.93. The Morgan fingerprint density at radius 2 is 2.24 bits per heavy atom. The zero-order valence-corrected chi connectivity index (χ0v) is 11.2. The third-order valence-corrected chi connectivity index (χ3v) is 2.96. The van der Waals surface area contributed by atoms with E-state index in [0.717, 1.165) is 31.1 Å². The molecule has 0 aromatic carbocycles. The second kappa shape index (κ2) is 7.25. The van der Waals surface area contributed by atoms with Gasteiger partial charge in [0.05, 0.1) is 24.2 Å². The van der Waals surface area contributed by atoms with Crippen molar-refractivity contribution in [2.75, 3.05) is 38.8 Å². The zero-order chi connectivity index (χ0) is 12.7. The van der Waals surface area contributed by atoms with Crippen LogP contribution in [0.2, 0.25) is 0 Å². The smallest absolute Gasteiger partial charge is 0.0637 e. The number of hydrogen-bond donors (Lipinski definition) is 1. The maximum absolute atomic E-state index is 5.10. The first kappa shape index (κ1) is 13.9. The summed E-state index contributed by atoms with van der Waals surface area (Å²) in [4.78, 5) is 6.74. The third-order valence-electron chi connectivity index (χ3n) is 2.96. The monoisotopic (exact) mass is 237 g/mol. The molecule has 4 heteroatoms. The van der Waals surface area contributed by atoms with Gasteiger partial charge in [0.25, 0.3) is 0 Å². The molecule has 1 aromatic heterocycles. The molecule has 0 aliphatic carbocycles. The van der Waals surface area contributed by atoms with Crippen LogP contribution in [0.25, 0.3) is 0 Å². The third kappa shape index (κ3) is 3.98. The van der Waals surface area contributed by atoms with Gasteiger partial charge in [0.2, 0.25) is 0 Å². The van der Waals surface area contributed by atoms with E-state index in [0.29, 0.717) is 0 Å². The predicted molar refractivity (Wildman–Crippen MR) is 71.5 cm³/mol. The topological polar surface area (TPSA) is 37.4 Å². The lowest BCUT2D eigenvalue weighted by Crippen LogP contribution is -2.27. The predicted octanol–water partition coefficient (Wildman–Crippen LogP) is 1.83. The molecule has 96 valence electrons. The minimum atomic E-state index is 0.290. The van der Waals surface area contributed by atoms with E-state index in [1.165, 1.54) is 0 Å². The Bertz CT molecular complexity index is 313. The summed E-state index contributed by atoms with van der Waals surface area (Å²) in [6, 6.07) is 4.49. The van der Waals surface area contributed by atoms with Crippen LogP contribution in [-0.2, 0) is 4.74 Å². The molecule has 0 saturated heterocycles. The largest absolute Gasteiger partial charge is 0.383 e. The lowest BCUT2D eigenvalue weighted by atomic mass is 10.2. The molecule has 1 aromatic rings. The number of aromatic nitrogens is 1. The van der Waals surface area contributed by atoms with E-state index < -0.39 is 0 Å². The number of likely N-dealkylation sites (N-methyl/N-ethyl adjacent to an activating group) is 1. The summed E-state index contributed by atoms with van der Waals surface area (Å²) in [6.45, 7) is 6.84. The summed E-state index contributed by atoms with van der Waals surface area (Å²) in [5, 5.41) is 3.18. The summed E-state index contributed by atoms with van der Waals surface area (Å²) < 4.78 is 5.10. The first-order valence-electron chi connectivity index (χ1n) is 6.10. The molecule has 0 amide bonds. The molecule has 1 rings (SSSR count). The Hall–Kier alpha value is -1.13. The van der Waals surface area contributed by atoms with E-state index in [-0.39, 0.29) is 6.04 Å². The summed E-state index contributed by atoms with van der Waals surface area (Å²) in [5.74, 6) is 0. The molecule has 0 aliphatic heterocycles. The summed E-state index contributed by atoms with van der Waals surface area (Å²) in [5.41, 5.74) is 2.22. The van der Waals surface area contributed by atoms with Gasteiger partial charge in [-0.2, -0.15) is 0 Å². The lowest BCUT2D eigenvalue weighted by Gasteiger charge is -2.22. The van der Waals surface area contributed by atoms with Gasteiger partial charge in [0.15, 0.2) is 0 Å². The van der Waals surface area contributed by atoms with Crippen LogP contribution in [0.5, 0.6) is 0 Å². The van der Waals surface area contributed by atoms with E-state index in [2.05, 4.69) is 41.2 Å². The van der Waals surface area contributed by atoms with Gasteiger partial charge in [0.1, 0.15) is 0 Å². The van der Waals surface area contributed by atoms with Crippen LogP contribution in [-0.4, -0.2) is 38.8 Å². The van der Waals surface area contributed by atoms with Gasteiger partial charge in [-0.3, -0.25) is 4.98 Å². The van der Waals surface area contributed by atoms with Crippen molar-refractivity contribution in [3.8, 4) is 0 Å². The van der Waals surface area contributed by atoms with Crippen molar-refractivity contribution in [3.63, 3.8) is 0 Å². The van der Waals surface area contributed by atoms with Crippen LogP contribution in [0.1, 0.15) is 25.6 Å². The van der Waals surface area contributed by atoms with E-state index in [4.69, 9.17) is 4.74 Å². The van der Waals surface area contributed by atoms with Gasteiger partial charge in [-0.15, -0.1) is 0 Å². The molecular formula is C13H23N3O. The quantitative estimate of drug-likeness (QED) is 0.785. The fourth-order valence-corrected chi connectivity index (χ4v) is 1.66. The average molecular weight is 237 g/mol. The van der Waals surface area contributed by atoms with E-state index >= 15 is 0 Å². The molecule has 1 N–H and O–H groups in total. The van der Waals surface area contributed by atoms with E-state index in [9.17, 15) is 0 Å². The highest BCUT2D eigenvalue weighted by molar-refractivity contribution is 5.44. The van der Waals surface area contributed by atoms with Crippen LogP contribution in [0.4, 0.5) is 5.69 Å². The molecular weight excluding hydrogens is 214 g/mol. The van der Waals surface area contributed by atoms with Gasteiger partial charge in [0, 0.05) is 26.2 Å². The van der Waals surface area contributed by atoms with E-state index in [1.807, 2.05) is 13.2 Å². The first-order valence-corrected chi connectivity index (χ1v) is 6.10. The van der Waals surface area contributed by atoms with Gasteiger partial charge >= 0.3 is 0 Å². The van der Waals surface area contributed by atoms with Crippen LogP contribution in [0, 0.1) is 0 Å².